The van der Waals surface area contributed by atoms with Crippen molar-refractivity contribution in [3.63, 3.8) is 0 Å². The molecular weight excluding hydrogens is 502 g/mol. The third-order valence-corrected chi connectivity index (χ3v) is 6.55. The first-order valence-electron chi connectivity index (χ1n) is 14.7. The van der Waals surface area contributed by atoms with Crippen LogP contribution in [0.1, 0.15) is 118 Å². The molecule has 1 rings (SSSR count). The number of unbranched alkanes of at least 4 members (excludes halogenated alkanes) is 13. The smallest absolute Gasteiger partial charge is 0.339 e. The van der Waals surface area contributed by atoms with Gasteiger partial charge in [-0.2, -0.15) is 0 Å². The van der Waals surface area contributed by atoms with Crippen LogP contribution in [0.5, 0.6) is 0 Å². The lowest BCUT2D eigenvalue weighted by Crippen LogP contribution is -2.25. The van der Waals surface area contributed by atoms with Crippen molar-refractivity contribution in [1.29, 1.82) is 0 Å². The molecule has 9 heteroatoms. The van der Waals surface area contributed by atoms with Crippen LogP contribution in [0.2, 0.25) is 0 Å². The molecule has 39 heavy (non-hydrogen) atoms. The van der Waals surface area contributed by atoms with Crippen molar-refractivity contribution in [2.24, 2.45) is 0 Å². The quantitative estimate of drug-likeness (QED) is 0.0916. The SMILES string of the molecule is CCCCCCCCCCCCCCCCNc1ccc(C(=O)OCC(O)CO)c(C(=O)OCC(O)CO)c1. The fourth-order valence-electron chi connectivity index (χ4n) is 4.16. The summed E-state index contributed by atoms with van der Waals surface area (Å²) in [7, 11) is 0. The molecule has 2 atom stereocenters. The van der Waals surface area contributed by atoms with E-state index in [2.05, 4.69) is 12.2 Å². The zero-order valence-electron chi connectivity index (χ0n) is 23.7. The highest BCUT2D eigenvalue weighted by atomic mass is 16.5. The molecule has 0 saturated heterocycles. The molecule has 0 bridgehead atoms. The Bertz CT molecular complexity index is 788. The monoisotopic (exact) mass is 553 g/mol. The van der Waals surface area contributed by atoms with E-state index in [1.54, 1.807) is 6.07 Å². The number of esters is 2. The van der Waals surface area contributed by atoms with Gasteiger partial charge in [0, 0.05) is 12.2 Å². The number of carbonyl (C=O) groups excluding carboxylic acids is 2. The second-order valence-electron chi connectivity index (χ2n) is 10.2. The van der Waals surface area contributed by atoms with E-state index in [0.717, 1.165) is 12.8 Å². The summed E-state index contributed by atoms with van der Waals surface area (Å²) in [5.74, 6) is -1.70. The van der Waals surface area contributed by atoms with E-state index in [1.165, 1.54) is 89.2 Å². The summed E-state index contributed by atoms with van der Waals surface area (Å²) < 4.78 is 10.0. The van der Waals surface area contributed by atoms with Gasteiger partial charge in [0.05, 0.1) is 24.3 Å². The van der Waals surface area contributed by atoms with E-state index in [0.29, 0.717) is 12.2 Å². The van der Waals surface area contributed by atoms with Crippen LogP contribution in [0.15, 0.2) is 18.2 Å². The van der Waals surface area contributed by atoms with Crippen LogP contribution in [0.3, 0.4) is 0 Å². The van der Waals surface area contributed by atoms with Gasteiger partial charge in [0.25, 0.3) is 0 Å². The summed E-state index contributed by atoms with van der Waals surface area (Å²) in [5.41, 5.74) is 0.506. The van der Waals surface area contributed by atoms with Crippen LogP contribution in [0, 0.1) is 0 Å². The van der Waals surface area contributed by atoms with Gasteiger partial charge in [-0.15, -0.1) is 0 Å². The Morgan fingerprint density at radius 2 is 1.13 bits per heavy atom. The average Bonchev–Trinajstić information content (AvgIpc) is 2.95. The van der Waals surface area contributed by atoms with Gasteiger partial charge in [-0.05, 0) is 24.6 Å². The number of benzene rings is 1. The van der Waals surface area contributed by atoms with E-state index < -0.39 is 50.6 Å². The van der Waals surface area contributed by atoms with Crippen molar-refractivity contribution in [2.75, 3.05) is 38.3 Å². The highest BCUT2D eigenvalue weighted by Crippen LogP contribution is 2.19. The Balaban J connectivity index is 2.41. The topological polar surface area (TPSA) is 146 Å². The van der Waals surface area contributed by atoms with Crippen molar-refractivity contribution in [3.05, 3.63) is 29.3 Å². The Morgan fingerprint density at radius 3 is 1.59 bits per heavy atom. The number of ether oxygens (including phenoxy) is 2. The molecule has 1 aromatic carbocycles. The van der Waals surface area contributed by atoms with Crippen molar-refractivity contribution >= 4 is 17.6 Å². The highest BCUT2D eigenvalue weighted by molar-refractivity contribution is 6.04. The maximum atomic E-state index is 12.6. The average molecular weight is 554 g/mol. The summed E-state index contributed by atoms with van der Waals surface area (Å²) in [4.78, 5) is 25.1. The maximum absolute atomic E-state index is 12.6. The van der Waals surface area contributed by atoms with E-state index in [9.17, 15) is 19.8 Å². The van der Waals surface area contributed by atoms with Crippen LogP contribution < -0.4 is 5.32 Å². The van der Waals surface area contributed by atoms with E-state index in [4.69, 9.17) is 19.7 Å². The molecule has 2 unspecified atom stereocenters. The molecule has 0 aliphatic carbocycles. The van der Waals surface area contributed by atoms with E-state index in [1.807, 2.05) is 0 Å². The first-order chi connectivity index (χ1) is 18.9. The van der Waals surface area contributed by atoms with Crippen molar-refractivity contribution in [2.45, 2.75) is 109 Å². The summed E-state index contributed by atoms with van der Waals surface area (Å²) in [5, 5.41) is 40.0. The molecular formula is C30H51NO8. The van der Waals surface area contributed by atoms with Crippen molar-refractivity contribution in [1.82, 2.24) is 0 Å². The van der Waals surface area contributed by atoms with E-state index in [-0.39, 0.29) is 11.1 Å². The Labute approximate surface area is 233 Å². The largest absolute Gasteiger partial charge is 0.459 e. The lowest BCUT2D eigenvalue weighted by atomic mass is 10.0. The van der Waals surface area contributed by atoms with Gasteiger partial charge in [-0.3, -0.25) is 0 Å². The number of carbonyl (C=O) groups is 2. The fraction of sp³-hybridized carbons (Fsp3) is 0.733. The molecule has 0 amide bonds. The van der Waals surface area contributed by atoms with Crippen molar-refractivity contribution in [3.8, 4) is 0 Å². The minimum Gasteiger partial charge on any atom is -0.459 e. The fourth-order valence-corrected chi connectivity index (χ4v) is 4.16. The number of nitrogens with one attached hydrogen (secondary N) is 1. The number of aliphatic hydroxyl groups excluding tert-OH is 4. The number of anilines is 1. The van der Waals surface area contributed by atoms with Crippen LogP contribution in [-0.2, 0) is 9.47 Å². The summed E-state index contributed by atoms with van der Waals surface area (Å²) >= 11 is 0. The molecule has 0 heterocycles. The van der Waals surface area contributed by atoms with Crippen LogP contribution in [0.25, 0.3) is 0 Å². The molecule has 0 saturated carbocycles. The van der Waals surface area contributed by atoms with Gasteiger partial charge in [0.2, 0.25) is 0 Å². The molecule has 0 aromatic heterocycles. The zero-order valence-corrected chi connectivity index (χ0v) is 23.7. The minimum atomic E-state index is -1.23. The molecule has 5 N–H and O–H groups in total. The molecule has 0 aliphatic heterocycles. The van der Waals surface area contributed by atoms with Gasteiger partial charge in [-0.25, -0.2) is 9.59 Å². The molecule has 0 fully saturated rings. The van der Waals surface area contributed by atoms with E-state index >= 15 is 0 Å². The zero-order chi connectivity index (χ0) is 28.7. The Hall–Kier alpha value is -2.20. The van der Waals surface area contributed by atoms with Crippen LogP contribution >= 0.6 is 0 Å². The summed E-state index contributed by atoms with van der Waals surface area (Å²) in [6, 6.07) is 4.57. The minimum absolute atomic E-state index is 0.0606. The van der Waals surface area contributed by atoms with Crippen LogP contribution in [0.4, 0.5) is 5.69 Å². The summed E-state index contributed by atoms with van der Waals surface area (Å²) in [6.45, 7) is 0.976. The number of aliphatic hydroxyl groups is 4. The van der Waals surface area contributed by atoms with Gasteiger partial charge < -0.3 is 35.2 Å². The number of hydrogen-bond donors (Lipinski definition) is 5. The molecule has 9 nitrogen and oxygen atoms in total. The summed E-state index contributed by atoms with van der Waals surface area (Å²) in [6.07, 6.45) is 15.5. The second-order valence-corrected chi connectivity index (χ2v) is 10.2. The van der Waals surface area contributed by atoms with Gasteiger partial charge >= 0.3 is 11.9 Å². The standard InChI is InChI=1S/C30H51NO8/c1-2-3-4-5-6-7-8-9-10-11-12-13-14-15-18-31-24-16-17-27(29(36)38-22-25(34)20-32)28(19-24)30(37)39-23-26(35)21-33/h16-17,19,25-26,31-35H,2-15,18,20-23H2,1H3. The predicted molar refractivity (Wildman–Crippen MR) is 152 cm³/mol. The molecule has 1 aromatic rings. The lowest BCUT2D eigenvalue weighted by molar-refractivity contribution is 0.00640. The lowest BCUT2D eigenvalue weighted by Gasteiger charge is -2.14. The molecule has 0 spiro atoms. The number of hydrogen-bond acceptors (Lipinski definition) is 9. The second kappa shape index (κ2) is 22.6. The van der Waals surface area contributed by atoms with Crippen LogP contribution in [-0.4, -0.2) is 77.5 Å². The molecule has 224 valence electrons. The Kier molecular flexibility index (Phi) is 20.2. The third-order valence-electron chi connectivity index (χ3n) is 6.55. The molecule has 0 aliphatic rings. The first-order valence-corrected chi connectivity index (χ1v) is 14.7. The van der Waals surface area contributed by atoms with Crippen molar-refractivity contribution < 1.29 is 39.5 Å². The first kappa shape index (κ1) is 34.8. The predicted octanol–water partition coefficient (Wildman–Crippen LogP) is 4.60. The maximum Gasteiger partial charge on any atom is 0.339 e. The highest BCUT2D eigenvalue weighted by Gasteiger charge is 2.22. The van der Waals surface area contributed by atoms with Gasteiger partial charge in [0.15, 0.2) is 0 Å². The van der Waals surface area contributed by atoms with Gasteiger partial charge in [-0.1, -0.05) is 90.4 Å². The molecule has 0 radical (unpaired) electrons. The van der Waals surface area contributed by atoms with Gasteiger partial charge in [0.1, 0.15) is 25.4 Å². The Morgan fingerprint density at radius 1 is 0.692 bits per heavy atom. The number of rotatable bonds is 24. The normalized spacial score (nSPS) is 12.6. The third kappa shape index (κ3) is 16.5.